The number of aromatic nitrogens is 2. The van der Waals surface area contributed by atoms with E-state index in [9.17, 15) is 19.1 Å². The molecular weight excluding hydrogens is 577 g/mol. The average molecular weight is 612 g/mol. The molecule has 4 atom stereocenters. The van der Waals surface area contributed by atoms with E-state index < -0.39 is 18.7 Å². The van der Waals surface area contributed by atoms with Crippen molar-refractivity contribution in [1.82, 2.24) is 40.5 Å². The number of thioether (sulfide) groups is 1. The van der Waals surface area contributed by atoms with E-state index in [1.54, 1.807) is 11.1 Å². The molecule has 0 spiro atoms. The lowest BCUT2D eigenvalue weighted by atomic mass is 10.0. The number of carboxylic acid groups (broad SMARTS) is 1. The molecule has 5 heterocycles. The first-order valence-electron chi connectivity index (χ1n) is 13.5. The van der Waals surface area contributed by atoms with Gasteiger partial charge in [0, 0.05) is 42.0 Å². The van der Waals surface area contributed by atoms with Crippen LogP contribution in [0, 0.1) is 0 Å². The predicted octanol–water partition coefficient (Wildman–Crippen LogP) is -0.724. The van der Waals surface area contributed by atoms with Crippen molar-refractivity contribution in [3.8, 4) is 0 Å². The summed E-state index contributed by atoms with van der Waals surface area (Å²) in [4.78, 5) is 35.2. The lowest BCUT2D eigenvalue weighted by molar-refractivity contribution is -0.135. The van der Waals surface area contributed by atoms with Crippen LogP contribution < -0.4 is 27.0 Å². The van der Waals surface area contributed by atoms with E-state index in [0.717, 1.165) is 37.6 Å². The summed E-state index contributed by atoms with van der Waals surface area (Å²) in [7, 11) is 0. The zero-order valence-corrected chi connectivity index (χ0v) is 23.9. The lowest BCUT2D eigenvalue weighted by Gasteiger charge is -2.51. The van der Waals surface area contributed by atoms with Crippen LogP contribution in [0.1, 0.15) is 31.5 Å². The normalized spacial score (nSPS) is 26.7. The lowest BCUT2D eigenvalue weighted by Crippen LogP contribution is -2.67. The van der Waals surface area contributed by atoms with Gasteiger partial charge in [-0.1, -0.05) is 11.6 Å². The van der Waals surface area contributed by atoms with E-state index in [4.69, 9.17) is 5.73 Å². The molecule has 1 aromatic rings. The Kier molecular flexibility index (Phi) is 9.86. The average Bonchev–Trinajstić information content (AvgIpc) is 3.59. The van der Waals surface area contributed by atoms with Crippen molar-refractivity contribution in [2.45, 2.75) is 49.4 Å². The van der Waals surface area contributed by atoms with Gasteiger partial charge in [-0.3, -0.25) is 20.4 Å². The van der Waals surface area contributed by atoms with Gasteiger partial charge in [-0.15, -0.1) is 11.8 Å². The van der Waals surface area contributed by atoms with Crippen LogP contribution >= 0.6 is 23.3 Å². The van der Waals surface area contributed by atoms with Gasteiger partial charge in [-0.25, -0.2) is 9.18 Å². The van der Waals surface area contributed by atoms with Gasteiger partial charge in [-0.05, 0) is 32.4 Å². The molecule has 224 valence electrons. The molecule has 0 radical (unpaired) electrons. The van der Waals surface area contributed by atoms with Crippen molar-refractivity contribution < 1.29 is 23.9 Å². The number of nitrogen functional groups attached to an aromatic ring is 1. The third-order valence-corrected chi connectivity index (χ3v) is 9.16. The van der Waals surface area contributed by atoms with Crippen LogP contribution in [0.25, 0.3) is 0 Å². The number of alkyl halides is 1. The number of hydrogen-bond acceptors (Lipinski definition) is 15. The number of nitrogens with zero attached hydrogens (tertiary/aromatic N) is 6. The van der Waals surface area contributed by atoms with Crippen LogP contribution in [0.5, 0.6) is 0 Å². The minimum atomic E-state index is -1.23. The molecule has 7 N–H and O–H groups in total. The SMILES string of the molecule is Nc1nc(/C(=N\OCF)C(=O)NC2CN3C(C(=O)O)=C(/C=N/N4CCNC4NCCC4CCCCN4)CSC23)ns1. The van der Waals surface area contributed by atoms with E-state index in [-0.39, 0.29) is 46.6 Å². The summed E-state index contributed by atoms with van der Waals surface area (Å²) in [5.41, 5.74) is 6.05. The summed E-state index contributed by atoms with van der Waals surface area (Å²) in [6, 6.07) is 0.155. The third-order valence-electron chi connectivity index (χ3n) is 7.22. The number of hydrazone groups is 1. The highest BCUT2D eigenvalue weighted by molar-refractivity contribution is 8.00. The first-order valence-corrected chi connectivity index (χ1v) is 15.3. The Balaban J connectivity index is 1.18. The molecule has 3 saturated heterocycles. The van der Waals surface area contributed by atoms with Gasteiger partial charge in [0.15, 0.2) is 11.4 Å². The first kappa shape index (κ1) is 29.4. The molecule has 4 aliphatic heterocycles. The highest BCUT2D eigenvalue weighted by atomic mass is 32.2. The number of rotatable bonds is 12. The molecule has 18 heteroatoms. The predicted molar refractivity (Wildman–Crippen MR) is 153 cm³/mol. The van der Waals surface area contributed by atoms with Crippen molar-refractivity contribution >= 4 is 52.2 Å². The van der Waals surface area contributed by atoms with Crippen molar-refractivity contribution in [3.63, 3.8) is 0 Å². The second-order valence-electron chi connectivity index (χ2n) is 9.90. The summed E-state index contributed by atoms with van der Waals surface area (Å²) in [5, 5.41) is 33.1. The molecule has 1 amide bonds. The van der Waals surface area contributed by atoms with Crippen molar-refractivity contribution in [2.75, 3.05) is 51.1 Å². The summed E-state index contributed by atoms with van der Waals surface area (Å²) in [6.45, 7) is 2.44. The molecule has 0 saturated carbocycles. The monoisotopic (exact) mass is 611 g/mol. The quantitative estimate of drug-likeness (QED) is 0.128. The minimum Gasteiger partial charge on any atom is -0.477 e. The van der Waals surface area contributed by atoms with Crippen LogP contribution in [-0.4, -0.2) is 117 Å². The van der Waals surface area contributed by atoms with Crippen molar-refractivity contribution in [2.24, 2.45) is 10.3 Å². The maximum atomic E-state index is 12.9. The zero-order valence-electron chi connectivity index (χ0n) is 22.3. The largest absolute Gasteiger partial charge is 0.477 e. The molecule has 0 bridgehead atoms. The Morgan fingerprint density at radius 2 is 2.20 bits per heavy atom. The van der Waals surface area contributed by atoms with Crippen LogP contribution in [0.2, 0.25) is 0 Å². The third kappa shape index (κ3) is 7.06. The molecule has 5 rings (SSSR count). The molecule has 15 nitrogen and oxygen atoms in total. The Morgan fingerprint density at radius 1 is 1.32 bits per heavy atom. The van der Waals surface area contributed by atoms with Crippen LogP contribution in [0.4, 0.5) is 9.52 Å². The number of piperidine rings is 1. The number of nitrogens with two attached hydrogens (primary N) is 1. The highest BCUT2D eigenvalue weighted by Crippen LogP contribution is 2.39. The summed E-state index contributed by atoms with van der Waals surface area (Å²) >= 11 is 2.36. The van der Waals surface area contributed by atoms with Gasteiger partial charge in [0.25, 0.3) is 12.8 Å². The van der Waals surface area contributed by atoms with E-state index in [2.05, 4.69) is 45.7 Å². The number of nitrogens with one attached hydrogen (secondary N) is 4. The number of carboxylic acids is 1. The Labute approximate surface area is 244 Å². The molecule has 1 aromatic heterocycles. The van der Waals surface area contributed by atoms with E-state index in [1.807, 2.05) is 5.01 Å². The number of carbonyl (C=O) groups is 2. The molecule has 4 aliphatic rings. The molecule has 3 fully saturated rings. The van der Waals surface area contributed by atoms with Gasteiger partial charge >= 0.3 is 5.97 Å². The fourth-order valence-corrected chi connectivity index (χ4v) is 6.97. The fourth-order valence-electron chi connectivity index (χ4n) is 5.22. The number of fused-ring (bicyclic) bond motifs is 1. The molecule has 0 aliphatic carbocycles. The summed E-state index contributed by atoms with van der Waals surface area (Å²) < 4.78 is 16.5. The van der Waals surface area contributed by atoms with Gasteiger partial charge in [-0.2, -0.15) is 14.5 Å². The number of carbonyl (C=O) groups excluding carboxylic acids is 1. The molecule has 0 aromatic carbocycles. The fraction of sp³-hybridized carbons (Fsp3) is 0.652. The van der Waals surface area contributed by atoms with E-state index >= 15 is 0 Å². The standard InChI is InChI=1S/C23H34FN11O4S2/c24-12-39-32-16(18-31-22(25)41-33-18)19(36)30-15-10-34-17(21(37)38)13(11-40-20(15)34)9-29-35-8-7-28-23(35)27-6-4-14-3-1-2-5-26-14/h9,14-15,20,23,26-28H,1-8,10-12H2,(H,30,36)(H,37,38)(H2,25,31,33)/b29-9+,32-16+. The smallest absolute Gasteiger partial charge is 0.352 e. The van der Waals surface area contributed by atoms with Crippen molar-refractivity contribution in [3.05, 3.63) is 17.1 Å². The Morgan fingerprint density at radius 3 is 2.93 bits per heavy atom. The van der Waals surface area contributed by atoms with E-state index in [0.29, 0.717) is 23.9 Å². The molecule has 4 unspecified atom stereocenters. The maximum Gasteiger partial charge on any atom is 0.352 e. The van der Waals surface area contributed by atoms with Crippen LogP contribution in [0.15, 0.2) is 21.5 Å². The Hall–Kier alpha value is -3.06. The number of halogens is 1. The van der Waals surface area contributed by atoms with Gasteiger partial charge in [0.2, 0.25) is 11.5 Å². The number of amides is 1. The summed E-state index contributed by atoms with van der Waals surface area (Å²) in [5.74, 6) is -1.41. The second-order valence-corrected chi connectivity index (χ2v) is 11.8. The van der Waals surface area contributed by atoms with Gasteiger partial charge in [0.1, 0.15) is 5.70 Å². The Bertz CT molecular complexity index is 1190. The first-order chi connectivity index (χ1) is 19.9. The highest BCUT2D eigenvalue weighted by Gasteiger charge is 2.47. The number of oxime groups is 1. The maximum absolute atomic E-state index is 12.9. The minimum absolute atomic E-state index is 0.0783. The number of aliphatic carboxylic acids is 1. The molecular formula is C23H34FN11O4S2. The van der Waals surface area contributed by atoms with E-state index in [1.165, 1.54) is 31.0 Å². The van der Waals surface area contributed by atoms with Crippen LogP contribution in [0.3, 0.4) is 0 Å². The van der Waals surface area contributed by atoms with Gasteiger partial charge in [0.05, 0.1) is 24.2 Å². The van der Waals surface area contributed by atoms with Crippen LogP contribution in [-0.2, 0) is 14.4 Å². The van der Waals surface area contributed by atoms with Gasteiger partial charge < -0.3 is 31.2 Å². The van der Waals surface area contributed by atoms with Crippen molar-refractivity contribution in [1.29, 1.82) is 0 Å². The topological polar surface area (TPSA) is 195 Å². The molecule has 41 heavy (non-hydrogen) atoms. The number of hydrogen-bond donors (Lipinski definition) is 6. The zero-order chi connectivity index (χ0) is 28.8. The number of anilines is 1. The second kappa shape index (κ2) is 13.7. The summed E-state index contributed by atoms with van der Waals surface area (Å²) in [6.07, 6.45) is 6.26.